The summed E-state index contributed by atoms with van der Waals surface area (Å²) in [6.07, 6.45) is 0. The fraction of sp³-hybridized carbons (Fsp3) is 0.417. The van der Waals surface area contributed by atoms with Crippen LogP contribution in [0.15, 0.2) is 32.3 Å². The zero-order valence-electron chi connectivity index (χ0n) is 11.9. The van der Waals surface area contributed by atoms with Gasteiger partial charge in [-0.2, -0.15) is 0 Å². The number of halogens is 1. The largest absolute Gasteiger partial charge is 0.419 e. The Morgan fingerprint density at radius 1 is 1.38 bits per heavy atom. The fourth-order valence-corrected chi connectivity index (χ4v) is 2.88. The van der Waals surface area contributed by atoms with E-state index in [9.17, 15) is 13.2 Å². The summed E-state index contributed by atoms with van der Waals surface area (Å²) in [5.74, 6) is -0.536. The molecule has 118 valence electrons. The molecule has 0 bridgehead atoms. The van der Waals surface area contributed by atoms with E-state index < -0.39 is 21.3 Å². The van der Waals surface area contributed by atoms with Gasteiger partial charge in [0, 0.05) is 25.2 Å². The van der Waals surface area contributed by atoms with Crippen LogP contribution in [0, 0.1) is 0 Å². The minimum absolute atomic E-state index is 0. The lowest BCUT2D eigenvalue weighted by Crippen LogP contribution is -2.45. The van der Waals surface area contributed by atoms with Gasteiger partial charge < -0.3 is 10.2 Å². The Labute approximate surface area is 128 Å². The average Bonchev–Trinajstić information content (AvgIpc) is 2.62. The molecule has 0 fully saturated rings. The monoisotopic (exact) mass is 335 g/mol. The number of aryl methyl sites for hydroxylation is 1. The average molecular weight is 336 g/mol. The molecule has 7 nitrogen and oxygen atoms in total. The second-order valence-corrected chi connectivity index (χ2v) is 7.14. The fourth-order valence-electron chi connectivity index (χ4n) is 1.65. The highest BCUT2D eigenvalue weighted by atomic mass is 35.5. The number of nitrogens with two attached hydrogens (primary N) is 1. The topological polar surface area (TPSA) is 107 Å². The second kappa shape index (κ2) is 5.80. The van der Waals surface area contributed by atoms with Gasteiger partial charge in [0.2, 0.25) is 10.0 Å². The van der Waals surface area contributed by atoms with E-state index in [0.717, 1.165) is 0 Å². The third kappa shape index (κ3) is 3.85. The van der Waals surface area contributed by atoms with Gasteiger partial charge in [-0.15, -0.1) is 12.4 Å². The standard InChI is InChI=1S/C12H17N3O4S.ClH/c1-12(2,13)7-14-20(17,18)8-4-5-9-10(6-8)19-11(16)15(9)3;/h4-6,14H,7,13H2,1-3H3;1H. The first-order valence-corrected chi connectivity index (χ1v) is 7.47. The Morgan fingerprint density at radius 2 is 2.00 bits per heavy atom. The van der Waals surface area contributed by atoms with E-state index in [4.69, 9.17) is 10.2 Å². The van der Waals surface area contributed by atoms with Crippen molar-refractivity contribution < 1.29 is 12.8 Å². The first kappa shape index (κ1) is 17.7. The number of sulfonamides is 1. The molecule has 0 radical (unpaired) electrons. The molecular formula is C12H18ClN3O4S. The Morgan fingerprint density at radius 3 is 2.57 bits per heavy atom. The van der Waals surface area contributed by atoms with Gasteiger partial charge in [0.25, 0.3) is 0 Å². The van der Waals surface area contributed by atoms with Crippen LogP contribution < -0.4 is 16.2 Å². The van der Waals surface area contributed by atoms with Gasteiger partial charge in [-0.25, -0.2) is 17.9 Å². The van der Waals surface area contributed by atoms with Gasteiger partial charge in [0.1, 0.15) is 0 Å². The van der Waals surface area contributed by atoms with Crippen LogP contribution in [0.2, 0.25) is 0 Å². The summed E-state index contributed by atoms with van der Waals surface area (Å²) in [7, 11) is -2.14. The quantitative estimate of drug-likeness (QED) is 0.849. The molecule has 9 heteroatoms. The van der Waals surface area contributed by atoms with Crippen molar-refractivity contribution in [2.75, 3.05) is 6.54 Å². The SMILES string of the molecule is Cl.Cn1c(=O)oc2cc(S(=O)(=O)NCC(C)(C)N)ccc21. The number of benzene rings is 1. The highest BCUT2D eigenvalue weighted by molar-refractivity contribution is 7.89. The maximum Gasteiger partial charge on any atom is 0.419 e. The normalized spacial score (nSPS) is 12.4. The molecular weight excluding hydrogens is 318 g/mol. The molecule has 1 heterocycles. The first-order chi connectivity index (χ1) is 9.10. The van der Waals surface area contributed by atoms with E-state index in [0.29, 0.717) is 5.52 Å². The molecule has 0 atom stereocenters. The Hall–Kier alpha value is -1.35. The number of hydrogen-bond donors (Lipinski definition) is 2. The third-order valence-electron chi connectivity index (χ3n) is 2.79. The number of aromatic nitrogens is 1. The minimum Gasteiger partial charge on any atom is -0.408 e. The molecule has 3 N–H and O–H groups in total. The molecule has 0 saturated heterocycles. The summed E-state index contributed by atoms with van der Waals surface area (Å²) in [5, 5.41) is 0. The smallest absolute Gasteiger partial charge is 0.408 e. The lowest BCUT2D eigenvalue weighted by Gasteiger charge is -2.18. The van der Waals surface area contributed by atoms with Gasteiger partial charge in [-0.05, 0) is 26.0 Å². The van der Waals surface area contributed by atoms with Crippen LogP contribution in [0.3, 0.4) is 0 Å². The molecule has 1 aromatic heterocycles. The van der Waals surface area contributed by atoms with Crippen molar-refractivity contribution in [3.05, 3.63) is 28.7 Å². The van der Waals surface area contributed by atoms with E-state index in [2.05, 4.69) is 4.72 Å². The van der Waals surface area contributed by atoms with Crippen molar-refractivity contribution in [1.29, 1.82) is 0 Å². The molecule has 0 amide bonds. The van der Waals surface area contributed by atoms with E-state index in [-0.39, 0.29) is 29.4 Å². The van der Waals surface area contributed by atoms with Crippen molar-refractivity contribution in [2.24, 2.45) is 12.8 Å². The zero-order valence-corrected chi connectivity index (χ0v) is 13.5. The number of fused-ring (bicyclic) bond motifs is 1. The van der Waals surface area contributed by atoms with Crippen LogP contribution >= 0.6 is 12.4 Å². The number of nitrogens with one attached hydrogen (secondary N) is 1. The predicted octanol–water partition coefficient (Wildman–Crippen LogP) is 0.569. The molecule has 2 rings (SSSR count). The second-order valence-electron chi connectivity index (χ2n) is 5.37. The summed E-state index contributed by atoms with van der Waals surface area (Å²) in [6, 6.07) is 4.27. The van der Waals surface area contributed by atoms with Crippen LogP contribution in [0.4, 0.5) is 0 Å². The van der Waals surface area contributed by atoms with E-state index in [1.165, 1.54) is 22.8 Å². The van der Waals surface area contributed by atoms with Crippen molar-refractivity contribution in [3.63, 3.8) is 0 Å². The summed E-state index contributed by atoms with van der Waals surface area (Å²) in [6.45, 7) is 3.54. The van der Waals surface area contributed by atoms with Gasteiger partial charge >= 0.3 is 5.76 Å². The molecule has 21 heavy (non-hydrogen) atoms. The third-order valence-corrected chi connectivity index (χ3v) is 4.19. The lowest BCUT2D eigenvalue weighted by atomic mass is 10.1. The number of nitrogens with zero attached hydrogens (tertiary/aromatic N) is 1. The highest BCUT2D eigenvalue weighted by Crippen LogP contribution is 2.18. The highest BCUT2D eigenvalue weighted by Gasteiger charge is 2.20. The van der Waals surface area contributed by atoms with Crippen LogP contribution in [0.1, 0.15) is 13.8 Å². The maximum absolute atomic E-state index is 12.1. The first-order valence-electron chi connectivity index (χ1n) is 5.98. The van der Waals surface area contributed by atoms with Crippen molar-refractivity contribution in [2.45, 2.75) is 24.3 Å². The maximum atomic E-state index is 12.1. The number of rotatable bonds is 4. The zero-order chi connectivity index (χ0) is 15.1. The Bertz CT molecular complexity index is 802. The van der Waals surface area contributed by atoms with E-state index in [1.807, 2.05) is 0 Å². The minimum atomic E-state index is -3.69. The summed E-state index contributed by atoms with van der Waals surface area (Å²) >= 11 is 0. The van der Waals surface area contributed by atoms with Crippen LogP contribution in [-0.2, 0) is 17.1 Å². The van der Waals surface area contributed by atoms with Crippen LogP contribution in [-0.4, -0.2) is 25.1 Å². The van der Waals surface area contributed by atoms with Gasteiger partial charge in [0.15, 0.2) is 5.58 Å². The molecule has 0 unspecified atom stereocenters. The molecule has 1 aromatic carbocycles. The summed E-state index contributed by atoms with van der Waals surface area (Å²) in [4.78, 5) is 11.4. The summed E-state index contributed by atoms with van der Waals surface area (Å²) < 4.78 is 32.9. The van der Waals surface area contributed by atoms with Crippen LogP contribution in [0.25, 0.3) is 11.1 Å². The van der Waals surface area contributed by atoms with Gasteiger partial charge in [-0.3, -0.25) is 4.57 Å². The van der Waals surface area contributed by atoms with Crippen molar-refractivity contribution in [3.8, 4) is 0 Å². The summed E-state index contributed by atoms with van der Waals surface area (Å²) in [5.41, 5.74) is 5.85. The van der Waals surface area contributed by atoms with E-state index >= 15 is 0 Å². The van der Waals surface area contributed by atoms with E-state index in [1.54, 1.807) is 20.9 Å². The van der Waals surface area contributed by atoms with Gasteiger partial charge in [-0.1, -0.05) is 0 Å². The molecule has 0 aliphatic carbocycles. The Balaban J connectivity index is 0.00000220. The molecule has 0 aliphatic rings. The number of hydrogen-bond acceptors (Lipinski definition) is 5. The van der Waals surface area contributed by atoms with Crippen molar-refractivity contribution >= 4 is 33.5 Å². The molecule has 2 aromatic rings. The molecule has 0 aliphatic heterocycles. The lowest BCUT2D eigenvalue weighted by molar-refractivity contribution is 0.497. The predicted molar refractivity (Wildman–Crippen MR) is 82.2 cm³/mol. The molecule has 0 spiro atoms. The van der Waals surface area contributed by atoms with Gasteiger partial charge in [0.05, 0.1) is 10.4 Å². The van der Waals surface area contributed by atoms with Crippen LogP contribution in [0.5, 0.6) is 0 Å². The van der Waals surface area contributed by atoms with Crippen molar-refractivity contribution in [1.82, 2.24) is 9.29 Å². The number of oxazole rings is 1. The Kier molecular flexibility index (Phi) is 4.89. The molecule has 0 saturated carbocycles.